The summed E-state index contributed by atoms with van der Waals surface area (Å²) in [4.78, 5) is 1.11. The van der Waals surface area contributed by atoms with Crippen molar-refractivity contribution in [1.29, 1.82) is 5.41 Å². The molecule has 0 aliphatic rings. The van der Waals surface area contributed by atoms with Crippen LogP contribution in [0.5, 0.6) is 0 Å². The fraction of sp³-hybridized carbons (Fsp3) is 0.235. The molecule has 2 aromatic carbocycles. The summed E-state index contributed by atoms with van der Waals surface area (Å²) in [6.45, 7) is 3.92. The van der Waals surface area contributed by atoms with Crippen LogP contribution in [0.3, 0.4) is 0 Å². The van der Waals surface area contributed by atoms with Gasteiger partial charge in [0.1, 0.15) is 0 Å². The molecule has 2 aromatic rings. The zero-order valence-electron chi connectivity index (χ0n) is 11.9. The molecular formula is C17H20N2S. The molecule has 0 bridgehead atoms. The third-order valence-corrected chi connectivity index (χ3v) is 4.32. The Kier molecular flexibility index (Phi) is 4.85. The van der Waals surface area contributed by atoms with Crippen LogP contribution >= 0.6 is 11.8 Å². The fourth-order valence-corrected chi connectivity index (χ4v) is 3.32. The Balaban J connectivity index is 2.29. The topological polar surface area (TPSA) is 49.9 Å². The Bertz CT molecular complexity index is 606. The van der Waals surface area contributed by atoms with Crippen LogP contribution in [0.4, 0.5) is 5.69 Å². The lowest BCUT2D eigenvalue weighted by Gasteiger charge is -2.13. The van der Waals surface area contributed by atoms with Gasteiger partial charge in [-0.3, -0.25) is 0 Å². The second-order valence-electron chi connectivity index (χ2n) is 4.81. The van der Waals surface area contributed by atoms with Crippen molar-refractivity contribution in [3.8, 4) is 0 Å². The molecule has 0 atom stereocenters. The van der Waals surface area contributed by atoms with Crippen LogP contribution in [0.25, 0.3) is 0 Å². The summed E-state index contributed by atoms with van der Waals surface area (Å²) in [5.41, 5.74) is 10.7. The molecule has 0 saturated heterocycles. The molecule has 0 spiro atoms. The van der Waals surface area contributed by atoms with Gasteiger partial charge in [-0.25, -0.2) is 0 Å². The Morgan fingerprint density at radius 2 is 1.85 bits per heavy atom. The number of hydrogen-bond acceptors (Lipinski definition) is 3. The van der Waals surface area contributed by atoms with Gasteiger partial charge < -0.3 is 11.1 Å². The molecule has 20 heavy (non-hydrogen) atoms. The van der Waals surface area contributed by atoms with Crippen LogP contribution in [-0.2, 0) is 12.2 Å². The van der Waals surface area contributed by atoms with Gasteiger partial charge in [-0.1, -0.05) is 37.3 Å². The molecular weight excluding hydrogens is 264 g/mol. The first-order valence-corrected chi connectivity index (χ1v) is 7.75. The summed E-state index contributed by atoms with van der Waals surface area (Å²) in [6.07, 6.45) is 0.959. The molecule has 0 aliphatic carbocycles. The van der Waals surface area contributed by atoms with Crippen molar-refractivity contribution in [3.63, 3.8) is 0 Å². The molecule has 0 aromatic heterocycles. The zero-order valence-corrected chi connectivity index (χ0v) is 12.8. The summed E-state index contributed by atoms with van der Waals surface area (Å²) < 4.78 is 0. The lowest BCUT2D eigenvalue weighted by molar-refractivity contribution is 1.12. The lowest BCUT2D eigenvalue weighted by Crippen LogP contribution is -2.03. The number of nitrogens with one attached hydrogen (secondary N) is 1. The number of rotatable bonds is 5. The van der Waals surface area contributed by atoms with Gasteiger partial charge in [-0.05, 0) is 36.6 Å². The first-order chi connectivity index (χ1) is 9.61. The average Bonchev–Trinajstić information content (AvgIpc) is 2.45. The predicted molar refractivity (Wildman–Crippen MR) is 88.7 cm³/mol. The molecule has 0 saturated carbocycles. The van der Waals surface area contributed by atoms with E-state index in [2.05, 4.69) is 37.3 Å². The highest BCUT2D eigenvalue weighted by Gasteiger charge is 2.11. The van der Waals surface area contributed by atoms with E-state index >= 15 is 0 Å². The van der Waals surface area contributed by atoms with Crippen LogP contribution in [0.1, 0.15) is 30.5 Å². The number of aryl methyl sites for hydroxylation is 1. The maximum absolute atomic E-state index is 7.93. The maximum Gasteiger partial charge on any atom is 0.0419 e. The monoisotopic (exact) mass is 284 g/mol. The molecule has 0 radical (unpaired) electrons. The minimum Gasteiger partial charge on any atom is -0.398 e. The molecule has 104 valence electrons. The highest BCUT2D eigenvalue weighted by Crippen LogP contribution is 2.31. The minimum absolute atomic E-state index is 0.528. The van der Waals surface area contributed by atoms with Crippen LogP contribution in [-0.4, -0.2) is 5.71 Å². The van der Waals surface area contributed by atoms with Crippen LogP contribution in [0.2, 0.25) is 0 Å². The fourth-order valence-electron chi connectivity index (χ4n) is 2.15. The molecule has 3 N–H and O–H groups in total. The van der Waals surface area contributed by atoms with E-state index in [0.29, 0.717) is 11.4 Å². The SMILES string of the molecule is CCc1cc(N)c(C(C)=N)c(SCc2ccccc2)c1. The Hall–Kier alpha value is -1.74. The van der Waals surface area contributed by atoms with Gasteiger partial charge in [-0.2, -0.15) is 0 Å². The average molecular weight is 284 g/mol. The zero-order chi connectivity index (χ0) is 14.5. The van der Waals surface area contributed by atoms with Crippen molar-refractivity contribution in [1.82, 2.24) is 0 Å². The van der Waals surface area contributed by atoms with Gasteiger partial charge in [0.25, 0.3) is 0 Å². The number of nitrogen functional groups attached to an aromatic ring is 1. The van der Waals surface area contributed by atoms with Gasteiger partial charge in [0.15, 0.2) is 0 Å². The molecule has 3 heteroatoms. The van der Waals surface area contributed by atoms with Crippen molar-refractivity contribution in [2.45, 2.75) is 30.9 Å². The van der Waals surface area contributed by atoms with E-state index in [1.165, 1.54) is 11.1 Å². The molecule has 0 unspecified atom stereocenters. The van der Waals surface area contributed by atoms with E-state index < -0.39 is 0 Å². The highest BCUT2D eigenvalue weighted by atomic mass is 32.2. The first kappa shape index (κ1) is 14.7. The minimum atomic E-state index is 0.528. The van der Waals surface area contributed by atoms with Crippen LogP contribution in [0, 0.1) is 5.41 Å². The smallest absolute Gasteiger partial charge is 0.0419 e. The van der Waals surface area contributed by atoms with E-state index in [4.69, 9.17) is 11.1 Å². The summed E-state index contributed by atoms with van der Waals surface area (Å²) in [5, 5.41) is 7.93. The summed E-state index contributed by atoms with van der Waals surface area (Å²) in [6, 6.07) is 14.5. The van der Waals surface area contributed by atoms with Crippen molar-refractivity contribution in [3.05, 3.63) is 59.2 Å². The Morgan fingerprint density at radius 3 is 2.45 bits per heavy atom. The van der Waals surface area contributed by atoms with Gasteiger partial charge in [-0.15, -0.1) is 11.8 Å². The second kappa shape index (κ2) is 6.62. The third-order valence-electron chi connectivity index (χ3n) is 3.21. The quantitative estimate of drug-likeness (QED) is 0.482. The predicted octanol–water partition coefficient (Wildman–Crippen LogP) is 4.51. The van der Waals surface area contributed by atoms with Gasteiger partial charge >= 0.3 is 0 Å². The number of hydrogen-bond donors (Lipinski definition) is 2. The third kappa shape index (κ3) is 3.42. The molecule has 0 fully saturated rings. The number of benzene rings is 2. The summed E-state index contributed by atoms with van der Waals surface area (Å²) in [5.74, 6) is 0.897. The molecule has 0 aliphatic heterocycles. The molecule has 2 nitrogen and oxygen atoms in total. The van der Waals surface area contributed by atoms with Crippen LogP contribution < -0.4 is 5.73 Å². The lowest BCUT2D eigenvalue weighted by atomic mass is 10.0. The number of nitrogens with two attached hydrogens (primary N) is 1. The van der Waals surface area contributed by atoms with E-state index in [9.17, 15) is 0 Å². The van der Waals surface area contributed by atoms with Crippen molar-refractivity contribution >= 4 is 23.2 Å². The van der Waals surface area contributed by atoms with Crippen molar-refractivity contribution < 1.29 is 0 Å². The second-order valence-corrected chi connectivity index (χ2v) is 5.83. The Morgan fingerprint density at radius 1 is 1.15 bits per heavy atom. The molecule has 0 amide bonds. The van der Waals surface area contributed by atoms with E-state index in [1.54, 1.807) is 18.7 Å². The summed E-state index contributed by atoms with van der Waals surface area (Å²) in [7, 11) is 0. The number of anilines is 1. The molecule has 0 heterocycles. The van der Waals surface area contributed by atoms with E-state index in [0.717, 1.165) is 22.6 Å². The van der Waals surface area contributed by atoms with Gasteiger partial charge in [0.2, 0.25) is 0 Å². The normalized spacial score (nSPS) is 10.5. The largest absolute Gasteiger partial charge is 0.398 e. The van der Waals surface area contributed by atoms with E-state index in [-0.39, 0.29) is 0 Å². The van der Waals surface area contributed by atoms with Crippen molar-refractivity contribution in [2.75, 3.05) is 5.73 Å². The first-order valence-electron chi connectivity index (χ1n) is 6.76. The summed E-state index contributed by atoms with van der Waals surface area (Å²) >= 11 is 1.75. The standard InChI is InChI=1S/C17H20N2S/c1-3-13-9-15(19)17(12(2)18)16(10-13)20-11-14-7-5-4-6-8-14/h4-10,18H,3,11,19H2,1-2H3. The van der Waals surface area contributed by atoms with Crippen molar-refractivity contribution in [2.24, 2.45) is 0 Å². The van der Waals surface area contributed by atoms with Gasteiger partial charge in [0, 0.05) is 27.6 Å². The van der Waals surface area contributed by atoms with E-state index in [1.807, 2.05) is 12.1 Å². The number of thioether (sulfide) groups is 1. The molecule has 2 rings (SSSR count). The Labute approximate surface area is 124 Å². The van der Waals surface area contributed by atoms with Gasteiger partial charge in [0.05, 0.1) is 0 Å². The van der Waals surface area contributed by atoms with Crippen LogP contribution in [0.15, 0.2) is 47.4 Å². The maximum atomic E-state index is 7.93. The highest BCUT2D eigenvalue weighted by molar-refractivity contribution is 7.98.